The van der Waals surface area contributed by atoms with Gasteiger partial charge in [-0.05, 0) is 56.4 Å². The van der Waals surface area contributed by atoms with Gasteiger partial charge in [0.1, 0.15) is 6.07 Å². The van der Waals surface area contributed by atoms with Crippen LogP contribution < -0.4 is 4.72 Å². The van der Waals surface area contributed by atoms with E-state index in [4.69, 9.17) is 4.74 Å². The van der Waals surface area contributed by atoms with E-state index in [1.165, 1.54) is 0 Å². The SMILES string of the molecule is CCOC(O)c1c(-c2ccc(C3=C(NS(=O)(=O)C(C)C)C=CCC3)cc2)c(C#N)cn1C. The Kier molecular flexibility index (Phi) is 7.24. The highest BCUT2D eigenvalue weighted by molar-refractivity contribution is 7.90. The number of aliphatic hydroxyl groups excluding tert-OH is 1. The normalized spacial score (nSPS) is 15.2. The molecule has 0 spiro atoms. The Morgan fingerprint density at radius 1 is 1.25 bits per heavy atom. The minimum Gasteiger partial charge on any atom is -0.363 e. The smallest absolute Gasteiger partial charge is 0.235 e. The van der Waals surface area contributed by atoms with Crippen LogP contribution in [-0.4, -0.2) is 29.9 Å². The van der Waals surface area contributed by atoms with Gasteiger partial charge in [0.25, 0.3) is 0 Å². The second kappa shape index (κ2) is 9.74. The number of rotatable bonds is 8. The topological polar surface area (TPSA) is 104 Å². The molecule has 0 aliphatic heterocycles. The van der Waals surface area contributed by atoms with Gasteiger partial charge in [-0.25, -0.2) is 8.42 Å². The van der Waals surface area contributed by atoms with Crippen molar-refractivity contribution in [3.63, 3.8) is 0 Å². The Labute approximate surface area is 189 Å². The molecule has 32 heavy (non-hydrogen) atoms. The summed E-state index contributed by atoms with van der Waals surface area (Å²) in [7, 11) is -1.69. The standard InChI is InChI=1S/C24H29N3O4S/c1-5-31-24(28)23-22(19(14-25)15-27(23)4)18-12-10-17(11-13-18)20-8-6-7-9-21(20)26-32(29,30)16(2)3/h7,9-13,15-16,24,26,28H,5-6,8H2,1-4H3. The highest BCUT2D eigenvalue weighted by atomic mass is 32.2. The molecule has 1 unspecified atom stereocenters. The molecular formula is C24H29N3O4S. The van der Waals surface area contributed by atoms with E-state index >= 15 is 0 Å². The van der Waals surface area contributed by atoms with Crippen LogP contribution in [0, 0.1) is 11.3 Å². The van der Waals surface area contributed by atoms with E-state index in [0.29, 0.717) is 29.1 Å². The van der Waals surface area contributed by atoms with Crippen molar-refractivity contribution in [3.05, 3.63) is 65.1 Å². The molecule has 1 aliphatic carbocycles. The van der Waals surface area contributed by atoms with Crippen molar-refractivity contribution in [1.82, 2.24) is 9.29 Å². The Balaban J connectivity index is 2.03. The fraction of sp³-hybridized carbons (Fsp3) is 0.375. The molecule has 7 nitrogen and oxygen atoms in total. The monoisotopic (exact) mass is 455 g/mol. The van der Waals surface area contributed by atoms with Gasteiger partial charge in [0.15, 0.2) is 6.29 Å². The van der Waals surface area contributed by atoms with Crippen LogP contribution in [-0.2, 0) is 21.8 Å². The molecule has 1 heterocycles. The predicted molar refractivity (Wildman–Crippen MR) is 125 cm³/mol. The molecule has 3 rings (SSSR count). The number of aliphatic hydroxyl groups is 1. The summed E-state index contributed by atoms with van der Waals surface area (Å²) >= 11 is 0. The van der Waals surface area contributed by atoms with Crippen LogP contribution in [0.1, 0.15) is 56.7 Å². The number of ether oxygens (including phenoxy) is 1. The van der Waals surface area contributed by atoms with Crippen molar-refractivity contribution >= 4 is 15.6 Å². The zero-order valence-electron chi connectivity index (χ0n) is 18.8. The first-order valence-corrected chi connectivity index (χ1v) is 12.1. The Bertz CT molecular complexity index is 1180. The van der Waals surface area contributed by atoms with Crippen LogP contribution in [0.2, 0.25) is 0 Å². The number of hydrogen-bond acceptors (Lipinski definition) is 5. The lowest BCUT2D eigenvalue weighted by Crippen LogP contribution is -2.30. The molecule has 1 aromatic heterocycles. The molecule has 1 aromatic carbocycles. The summed E-state index contributed by atoms with van der Waals surface area (Å²) in [5.74, 6) is 0. The van der Waals surface area contributed by atoms with Crippen LogP contribution in [0.3, 0.4) is 0 Å². The molecule has 0 saturated heterocycles. The maximum atomic E-state index is 12.4. The molecular weight excluding hydrogens is 426 g/mol. The molecule has 1 aliphatic rings. The molecule has 0 amide bonds. The maximum absolute atomic E-state index is 12.4. The number of nitrogens with zero attached hydrogens (tertiary/aromatic N) is 2. The molecule has 0 bridgehead atoms. The average Bonchev–Trinajstić information content (AvgIpc) is 3.10. The van der Waals surface area contributed by atoms with Gasteiger partial charge in [-0.15, -0.1) is 0 Å². The van der Waals surface area contributed by atoms with Gasteiger partial charge in [-0.2, -0.15) is 5.26 Å². The van der Waals surface area contributed by atoms with Crippen molar-refractivity contribution in [2.45, 2.75) is 45.2 Å². The van der Waals surface area contributed by atoms with Crippen LogP contribution in [0.15, 0.2) is 48.3 Å². The zero-order valence-corrected chi connectivity index (χ0v) is 19.6. The molecule has 0 fully saturated rings. The number of aryl methyl sites for hydroxylation is 1. The van der Waals surface area contributed by atoms with E-state index in [1.807, 2.05) is 36.4 Å². The number of aromatic nitrogens is 1. The second-order valence-corrected chi connectivity index (χ2v) is 10.2. The van der Waals surface area contributed by atoms with Crippen molar-refractivity contribution in [3.8, 4) is 17.2 Å². The fourth-order valence-electron chi connectivity index (χ4n) is 3.73. The number of sulfonamides is 1. The zero-order chi connectivity index (χ0) is 23.5. The molecule has 2 aromatic rings. The summed E-state index contributed by atoms with van der Waals surface area (Å²) in [5.41, 5.74) is 4.77. The first kappa shape index (κ1) is 23.8. The van der Waals surface area contributed by atoms with Gasteiger partial charge in [-0.1, -0.05) is 30.3 Å². The van der Waals surface area contributed by atoms with Crippen LogP contribution in [0.5, 0.6) is 0 Å². The number of nitriles is 1. The van der Waals surface area contributed by atoms with E-state index in [2.05, 4.69) is 10.8 Å². The van der Waals surface area contributed by atoms with E-state index in [0.717, 1.165) is 29.5 Å². The summed E-state index contributed by atoms with van der Waals surface area (Å²) < 4.78 is 34.6. The minimum atomic E-state index is -3.46. The highest BCUT2D eigenvalue weighted by Crippen LogP contribution is 2.35. The minimum absolute atomic E-state index is 0.337. The number of allylic oxidation sites excluding steroid dienone is 3. The van der Waals surface area contributed by atoms with Crippen molar-refractivity contribution < 1.29 is 18.3 Å². The Hall–Kier alpha value is -2.86. The van der Waals surface area contributed by atoms with Crippen molar-refractivity contribution in [1.29, 1.82) is 5.26 Å². The third-order valence-electron chi connectivity index (χ3n) is 5.47. The van der Waals surface area contributed by atoms with Gasteiger partial charge in [0.05, 0.1) is 22.2 Å². The lowest BCUT2D eigenvalue weighted by molar-refractivity contribution is -0.102. The van der Waals surface area contributed by atoms with E-state index < -0.39 is 21.6 Å². The number of nitrogens with one attached hydrogen (secondary N) is 1. The fourth-order valence-corrected chi connectivity index (χ4v) is 4.47. The van der Waals surface area contributed by atoms with Crippen LogP contribution in [0.25, 0.3) is 16.7 Å². The Morgan fingerprint density at radius 3 is 2.50 bits per heavy atom. The number of benzene rings is 1. The summed E-state index contributed by atoms with van der Waals surface area (Å²) in [6.07, 6.45) is 5.84. The van der Waals surface area contributed by atoms with Gasteiger partial charge in [0.2, 0.25) is 10.0 Å². The first-order chi connectivity index (χ1) is 15.2. The molecule has 1 atom stereocenters. The predicted octanol–water partition coefficient (Wildman–Crippen LogP) is 3.98. The third kappa shape index (κ3) is 4.80. The van der Waals surface area contributed by atoms with E-state index in [1.54, 1.807) is 38.6 Å². The van der Waals surface area contributed by atoms with Gasteiger partial charge < -0.3 is 14.4 Å². The summed E-state index contributed by atoms with van der Waals surface area (Å²) in [6.45, 7) is 5.42. The van der Waals surface area contributed by atoms with Crippen LogP contribution >= 0.6 is 0 Å². The van der Waals surface area contributed by atoms with Crippen molar-refractivity contribution in [2.75, 3.05) is 6.61 Å². The molecule has 170 valence electrons. The average molecular weight is 456 g/mol. The molecule has 2 N–H and O–H groups in total. The molecule has 0 radical (unpaired) electrons. The largest absolute Gasteiger partial charge is 0.363 e. The lowest BCUT2D eigenvalue weighted by atomic mass is 9.93. The first-order valence-electron chi connectivity index (χ1n) is 10.6. The lowest BCUT2D eigenvalue weighted by Gasteiger charge is -2.20. The summed E-state index contributed by atoms with van der Waals surface area (Å²) in [5, 5.41) is 19.5. The summed E-state index contributed by atoms with van der Waals surface area (Å²) in [4.78, 5) is 0. The molecule has 0 saturated carbocycles. The van der Waals surface area contributed by atoms with E-state index in [9.17, 15) is 18.8 Å². The molecule has 8 heteroatoms. The van der Waals surface area contributed by atoms with Crippen LogP contribution in [0.4, 0.5) is 0 Å². The number of hydrogen-bond donors (Lipinski definition) is 2. The summed E-state index contributed by atoms with van der Waals surface area (Å²) in [6, 6.07) is 9.79. The van der Waals surface area contributed by atoms with Crippen molar-refractivity contribution in [2.24, 2.45) is 7.05 Å². The van der Waals surface area contributed by atoms with E-state index in [-0.39, 0.29) is 0 Å². The maximum Gasteiger partial charge on any atom is 0.235 e. The Morgan fingerprint density at radius 2 is 1.91 bits per heavy atom. The highest BCUT2D eigenvalue weighted by Gasteiger charge is 2.23. The second-order valence-electron chi connectivity index (χ2n) is 7.94. The van der Waals surface area contributed by atoms with Gasteiger partial charge >= 0.3 is 0 Å². The van der Waals surface area contributed by atoms with Gasteiger partial charge in [-0.3, -0.25) is 4.72 Å². The van der Waals surface area contributed by atoms with Gasteiger partial charge in [0, 0.05) is 25.4 Å². The third-order valence-corrected chi connectivity index (χ3v) is 7.22. The quantitative estimate of drug-likeness (QED) is 0.586.